The van der Waals surface area contributed by atoms with Crippen molar-refractivity contribution in [1.29, 1.82) is 0 Å². The van der Waals surface area contributed by atoms with Gasteiger partial charge in [-0.25, -0.2) is 4.98 Å². The number of carbonyl (C=O) groups excluding carboxylic acids is 1. The van der Waals surface area contributed by atoms with Gasteiger partial charge in [0.25, 0.3) is 0 Å². The van der Waals surface area contributed by atoms with E-state index in [1.165, 1.54) is 28.2 Å². The predicted octanol–water partition coefficient (Wildman–Crippen LogP) is 3.99. The highest BCUT2D eigenvalue weighted by Crippen LogP contribution is 2.32. The van der Waals surface area contributed by atoms with E-state index in [0.717, 1.165) is 16.6 Å². The van der Waals surface area contributed by atoms with Crippen molar-refractivity contribution in [3.8, 4) is 0 Å². The smallest absolute Gasteiger partial charge is 0.245 e. The van der Waals surface area contributed by atoms with Crippen molar-refractivity contribution in [2.24, 2.45) is 0 Å². The minimum absolute atomic E-state index is 0.0191. The largest absolute Gasteiger partial charge is 0.359 e. The van der Waals surface area contributed by atoms with Crippen molar-refractivity contribution in [2.75, 3.05) is 16.8 Å². The standard InChI is InChI=1S/C19H19N3OS/c1-12-7-8-15-17(9-12)24-19(20-15)21-18(23)11-22-13(2)10-14-5-3-4-6-16(14)22/h3-9,13H,10-11H2,1-2H3,(H,20,21,23). The molecular weight excluding hydrogens is 318 g/mol. The molecule has 1 unspecified atom stereocenters. The first-order valence-electron chi connectivity index (χ1n) is 8.12. The van der Waals surface area contributed by atoms with Gasteiger partial charge < -0.3 is 10.2 Å². The molecule has 1 amide bonds. The molecule has 1 aliphatic rings. The lowest BCUT2D eigenvalue weighted by Crippen LogP contribution is -2.37. The van der Waals surface area contributed by atoms with Crippen LogP contribution in [0.2, 0.25) is 0 Å². The summed E-state index contributed by atoms with van der Waals surface area (Å²) in [6.07, 6.45) is 0.990. The molecule has 0 aliphatic carbocycles. The normalized spacial score (nSPS) is 16.4. The minimum Gasteiger partial charge on any atom is -0.359 e. The van der Waals surface area contributed by atoms with Crippen LogP contribution in [0.15, 0.2) is 42.5 Å². The maximum absolute atomic E-state index is 12.5. The van der Waals surface area contributed by atoms with E-state index in [-0.39, 0.29) is 5.91 Å². The Labute approximate surface area is 145 Å². The summed E-state index contributed by atoms with van der Waals surface area (Å²) in [6, 6.07) is 14.8. The highest BCUT2D eigenvalue weighted by molar-refractivity contribution is 7.22. The molecule has 1 atom stereocenters. The van der Waals surface area contributed by atoms with Gasteiger partial charge in [-0.2, -0.15) is 0 Å². The SMILES string of the molecule is Cc1ccc2nc(NC(=O)CN3c4ccccc4CC3C)sc2c1. The summed E-state index contributed by atoms with van der Waals surface area (Å²) in [5, 5.41) is 3.62. The Bertz CT molecular complexity index is 918. The molecule has 1 aliphatic heterocycles. The Morgan fingerprint density at radius 2 is 2.17 bits per heavy atom. The van der Waals surface area contributed by atoms with Crippen LogP contribution < -0.4 is 10.2 Å². The maximum atomic E-state index is 12.5. The van der Waals surface area contributed by atoms with Gasteiger partial charge in [0.1, 0.15) is 0 Å². The zero-order valence-electron chi connectivity index (χ0n) is 13.7. The zero-order chi connectivity index (χ0) is 16.7. The van der Waals surface area contributed by atoms with E-state index in [2.05, 4.69) is 53.3 Å². The van der Waals surface area contributed by atoms with Gasteiger partial charge in [0.05, 0.1) is 16.8 Å². The van der Waals surface area contributed by atoms with Crippen LogP contribution in [-0.2, 0) is 11.2 Å². The summed E-state index contributed by atoms with van der Waals surface area (Å²) >= 11 is 1.52. The van der Waals surface area contributed by atoms with Gasteiger partial charge in [-0.15, -0.1) is 0 Å². The highest BCUT2D eigenvalue weighted by atomic mass is 32.1. The number of aromatic nitrogens is 1. The molecule has 24 heavy (non-hydrogen) atoms. The Hall–Kier alpha value is -2.40. The number of hydrogen-bond donors (Lipinski definition) is 1. The number of hydrogen-bond acceptors (Lipinski definition) is 4. The van der Waals surface area contributed by atoms with Gasteiger partial charge in [0, 0.05) is 11.7 Å². The van der Waals surface area contributed by atoms with E-state index in [1.807, 2.05) is 18.2 Å². The number of anilines is 2. The topological polar surface area (TPSA) is 45.2 Å². The number of thiazole rings is 1. The Kier molecular flexibility index (Phi) is 3.73. The van der Waals surface area contributed by atoms with Crippen LogP contribution in [0.1, 0.15) is 18.1 Å². The molecule has 0 saturated carbocycles. The third kappa shape index (κ3) is 2.76. The fourth-order valence-electron chi connectivity index (χ4n) is 3.27. The predicted molar refractivity (Wildman–Crippen MR) is 99.9 cm³/mol. The average molecular weight is 337 g/mol. The molecule has 0 bridgehead atoms. The van der Waals surface area contributed by atoms with E-state index in [4.69, 9.17) is 0 Å². The number of para-hydroxylation sites is 1. The molecule has 3 aromatic rings. The number of carbonyl (C=O) groups is 1. The molecule has 0 saturated heterocycles. The zero-order valence-corrected chi connectivity index (χ0v) is 14.6. The molecule has 4 rings (SSSR count). The lowest BCUT2D eigenvalue weighted by Gasteiger charge is -2.23. The molecular formula is C19H19N3OS. The van der Waals surface area contributed by atoms with Crippen LogP contribution in [-0.4, -0.2) is 23.5 Å². The van der Waals surface area contributed by atoms with Gasteiger partial charge in [0.2, 0.25) is 5.91 Å². The van der Waals surface area contributed by atoms with Crippen molar-refractivity contribution < 1.29 is 4.79 Å². The molecule has 0 radical (unpaired) electrons. The Morgan fingerprint density at radius 1 is 1.33 bits per heavy atom. The first kappa shape index (κ1) is 15.1. The van der Waals surface area contributed by atoms with Gasteiger partial charge >= 0.3 is 0 Å². The third-order valence-electron chi connectivity index (χ3n) is 4.45. The number of nitrogens with zero attached hydrogens (tertiary/aromatic N) is 2. The Morgan fingerprint density at radius 3 is 3.04 bits per heavy atom. The third-order valence-corrected chi connectivity index (χ3v) is 5.39. The van der Waals surface area contributed by atoms with Crippen molar-refractivity contribution in [3.05, 3.63) is 53.6 Å². The van der Waals surface area contributed by atoms with Crippen LogP contribution in [0.5, 0.6) is 0 Å². The summed E-state index contributed by atoms with van der Waals surface area (Å²) in [6.45, 7) is 4.57. The lowest BCUT2D eigenvalue weighted by molar-refractivity contribution is -0.115. The minimum atomic E-state index is -0.0191. The second kappa shape index (κ2) is 5.91. The van der Waals surface area contributed by atoms with Gasteiger partial charge in [-0.1, -0.05) is 35.6 Å². The number of benzene rings is 2. The van der Waals surface area contributed by atoms with Crippen LogP contribution in [0, 0.1) is 6.92 Å². The lowest BCUT2D eigenvalue weighted by atomic mass is 10.1. The highest BCUT2D eigenvalue weighted by Gasteiger charge is 2.27. The second-order valence-electron chi connectivity index (χ2n) is 6.35. The summed E-state index contributed by atoms with van der Waals surface area (Å²) in [5.74, 6) is -0.0191. The monoisotopic (exact) mass is 337 g/mol. The average Bonchev–Trinajstić information content (AvgIpc) is 3.07. The maximum Gasteiger partial charge on any atom is 0.245 e. The van der Waals surface area contributed by atoms with E-state index >= 15 is 0 Å². The molecule has 2 heterocycles. The molecule has 122 valence electrons. The van der Waals surface area contributed by atoms with Crippen molar-refractivity contribution in [2.45, 2.75) is 26.3 Å². The number of amides is 1. The van der Waals surface area contributed by atoms with Crippen LogP contribution >= 0.6 is 11.3 Å². The molecule has 5 heteroatoms. The molecule has 2 aromatic carbocycles. The fourth-order valence-corrected chi connectivity index (χ4v) is 4.25. The van der Waals surface area contributed by atoms with Crippen LogP contribution in [0.25, 0.3) is 10.2 Å². The van der Waals surface area contributed by atoms with E-state index in [1.54, 1.807) is 0 Å². The number of nitrogens with one attached hydrogen (secondary N) is 1. The number of rotatable bonds is 3. The van der Waals surface area contributed by atoms with E-state index in [9.17, 15) is 4.79 Å². The summed E-state index contributed by atoms with van der Waals surface area (Å²) in [7, 11) is 0. The molecule has 0 spiro atoms. The number of aryl methyl sites for hydroxylation is 1. The molecule has 4 nitrogen and oxygen atoms in total. The van der Waals surface area contributed by atoms with Crippen LogP contribution in [0.3, 0.4) is 0 Å². The van der Waals surface area contributed by atoms with Crippen LogP contribution in [0.4, 0.5) is 10.8 Å². The van der Waals surface area contributed by atoms with Gasteiger partial charge in [0.15, 0.2) is 5.13 Å². The number of fused-ring (bicyclic) bond motifs is 2. The fraction of sp³-hybridized carbons (Fsp3) is 0.263. The summed E-state index contributed by atoms with van der Waals surface area (Å²) < 4.78 is 1.10. The van der Waals surface area contributed by atoms with Gasteiger partial charge in [-0.05, 0) is 49.6 Å². The van der Waals surface area contributed by atoms with Crippen molar-refractivity contribution in [3.63, 3.8) is 0 Å². The molecule has 0 fully saturated rings. The van der Waals surface area contributed by atoms with Crippen molar-refractivity contribution >= 4 is 38.3 Å². The second-order valence-corrected chi connectivity index (χ2v) is 7.38. The molecule has 1 aromatic heterocycles. The van der Waals surface area contributed by atoms with Crippen molar-refractivity contribution in [1.82, 2.24) is 4.98 Å². The summed E-state index contributed by atoms with van der Waals surface area (Å²) in [5.41, 5.74) is 4.61. The van der Waals surface area contributed by atoms with E-state index in [0.29, 0.717) is 17.7 Å². The first-order valence-corrected chi connectivity index (χ1v) is 8.93. The summed E-state index contributed by atoms with van der Waals surface area (Å²) in [4.78, 5) is 19.1. The molecule has 1 N–H and O–H groups in total. The Balaban J connectivity index is 1.50. The van der Waals surface area contributed by atoms with Gasteiger partial charge in [-0.3, -0.25) is 4.79 Å². The van der Waals surface area contributed by atoms with E-state index < -0.39 is 0 Å². The first-order chi connectivity index (χ1) is 11.6. The quantitative estimate of drug-likeness (QED) is 0.786.